The van der Waals surface area contributed by atoms with Gasteiger partial charge >= 0.3 is 0 Å². The predicted octanol–water partition coefficient (Wildman–Crippen LogP) is -2.32. The lowest BCUT2D eigenvalue weighted by Crippen LogP contribution is -2.46. The fourth-order valence-electron chi connectivity index (χ4n) is 5.14. The molecule has 29 heteroatoms. The maximum absolute atomic E-state index is 12.5. The molecule has 1 aliphatic rings. The van der Waals surface area contributed by atoms with Gasteiger partial charge in [-0.1, -0.05) is 45.4 Å². The smallest absolute Gasteiger partial charge is 0.274 e. The Morgan fingerprint density at radius 1 is 1.03 bits per heavy atom. The number of imidazole rings is 1. The number of carbonyl (C=O) groups is 4. The van der Waals surface area contributed by atoms with Crippen molar-refractivity contribution < 1.29 is 85.3 Å². The number of aromatic nitrogens is 4. The molecule has 2 unspecified atom stereocenters. The van der Waals surface area contributed by atoms with E-state index in [2.05, 4.69) is 43.5 Å². The van der Waals surface area contributed by atoms with Crippen LogP contribution < -0.4 is 35.9 Å². The molecule has 2 aromatic heterocycles. The third-order valence-corrected chi connectivity index (χ3v) is 12.0. The maximum Gasteiger partial charge on any atom is 0.274 e. The van der Waals surface area contributed by atoms with E-state index in [1.54, 1.807) is 0 Å². The first-order valence-electron chi connectivity index (χ1n) is 17.4. The lowest BCUT2D eigenvalue weighted by atomic mass is 9.87. The van der Waals surface area contributed by atoms with Crippen LogP contribution in [0.4, 0.5) is 5.82 Å². The average Bonchev–Trinajstić information content (AvgIpc) is 3.68. The van der Waals surface area contributed by atoms with Gasteiger partial charge in [0, 0.05) is 37.1 Å². The van der Waals surface area contributed by atoms with E-state index in [1.165, 1.54) is 13.8 Å². The van der Waals surface area contributed by atoms with Gasteiger partial charge in [0.05, 0.1) is 33.8 Å². The van der Waals surface area contributed by atoms with Gasteiger partial charge < -0.3 is 69.0 Å². The minimum atomic E-state index is -5.93. The number of phosphoric acid groups is 3. The number of nitrogens with two attached hydrogens (primary N) is 1. The van der Waals surface area contributed by atoms with Crippen LogP contribution in [0.25, 0.3) is 11.2 Å². The number of ether oxygens (including phenoxy) is 1. The molecule has 1 aliphatic heterocycles. The number of nitrogens with one attached hydrogen (secondary N) is 2. The number of hydrogen-bond acceptors (Lipinski definition) is 23. The number of thioether (sulfide) groups is 1. The number of phosphoric ester groups is 3. The number of hydrogen-bond donors (Lipinski definition) is 5. The summed E-state index contributed by atoms with van der Waals surface area (Å²) in [4.78, 5) is 108. The van der Waals surface area contributed by atoms with Crippen molar-refractivity contribution >= 4 is 74.9 Å². The fraction of sp³-hybridized carbons (Fsp3) is 0.690. The van der Waals surface area contributed by atoms with Crippen LogP contribution in [-0.4, -0.2) is 109 Å². The number of anilines is 1. The van der Waals surface area contributed by atoms with Crippen LogP contribution in [0.2, 0.25) is 0 Å². The standard InChI is InChI=1S/C29H48N7O18P3S/c1-4-5-6-7-17(37)12-20(39)58-11-10-31-19(38)8-9-32-27(42)24(41)29(2,3)14-51-57(48,49)54-56(46,47)50-13-18-23(53-55(43,44)45)22(40)28(52-18)36-16-35-21-25(30)33-15-34-26(21)36/h15-16,18,22-24,28,40-41H,4-14H2,1-3H3,(H,31,38)(H,32,42)(H,46,47)(H,48,49)(H2,30,33,34)(H2,43,44,45)/p-4/t18-,22-,23-,24+,28-/m1/s1. The maximum atomic E-state index is 12.5. The summed E-state index contributed by atoms with van der Waals surface area (Å²) >= 11 is 0.905. The van der Waals surface area contributed by atoms with E-state index in [9.17, 15) is 62.7 Å². The van der Waals surface area contributed by atoms with E-state index in [4.69, 9.17) is 10.5 Å². The fourth-order valence-corrected chi connectivity index (χ4v) is 8.58. The van der Waals surface area contributed by atoms with Crippen molar-refractivity contribution in [1.29, 1.82) is 0 Å². The topological polar surface area (TPSA) is 392 Å². The number of nitrogen functional groups attached to an aromatic ring is 1. The summed E-state index contributed by atoms with van der Waals surface area (Å²) in [6.07, 6.45) is -4.96. The summed E-state index contributed by atoms with van der Waals surface area (Å²) in [5, 5.41) is 25.8. The highest BCUT2D eigenvalue weighted by Gasteiger charge is 2.47. The van der Waals surface area contributed by atoms with Crippen LogP contribution in [0, 0.1) is 5.41 Å². The van der Waals surface area contributed by atoms with Crippen LogP contribution in [0.3, 0.4) is 0 Å². The van der Waals surface area contributed by atoms with Gasteiger partial charge in [0.25, 0.3) is 15.6 Å². The minimum Gasteiger partial charge on any atom is -0.790 e. The zero-order valence-corrected chi connectivity index (χ0v) is 34.9. The van der Waals surface area contributed by atoms with Crippen molar-refractivity contribution in [3.8, 4) is 0 Å². The van der Waals surface area contributed by atoms with Crippen molar-refractivity contribution in [3.05, 3.63) is 12.7 Å². The van der Waals surface area contributed by atoms with E-state index in [1.807, 2.05) is 6.92 Å². The number of rotatable bonds is 25. The minimum absolute atomic E-state index is 0.0269. The molecule has 3 heterocycles. The van der Waals surface area contributed by atoms with Crippen molar-refractivity contribution in [3.63, 3.8) is 0 Å². The largest absolute Gasteiger partial charge is 0.790 e. The zero-order chi connectivity index (χ0) is 43.5. The molecule has 0 spiro atoms. The molecule has 1 saturated heterocycles. The second kappa shape index (κ2) is 21.7. The third-order valence-electron chi connectivity index (χ3n) is 8.14. The third kappa shape index (κ3) is 15.7. The van der Waals surface area contributed by atoms with Crippen molar-refractivity contribution in [2.75, 3.05) is 37.8 Å². The SMILES string of the molecule is CCCCCC(=O)CC(=O)SCCNC(=O)CCNC(=O)[C@H](O)C(C)(C)COP(=O)([O-])OP(=O)([O-])OC[C@H]1O[C@@H](n2cnc3c(N)ncnc32)[C@H](O)[C@@H]1OP(=O)([O-])[O-]. The first-order valence-corrected chi connectivity index (χ1v) is 22.8. The number of ketones is 1. The number of unbranched alkanes of at least 4 members (excludes halogenated alkanes) is 2. The number of amides is 2. The van der Waals surface area contributed by atoms with Gasteiger partial charge in [-0.15, -0.1) is 0 Å². The Kier molecular flexibility index (Phi) is 18.5. The number of Topliss-reactive ketones (excluding diaryl/α,β-unsaturated/α-hetero) is 1. The Bertz CT molecular complexity index is 1900. The molecule has 0 bridgehead atoms. The zero-order valence-electron chi connectivity index (χ0n) is 31.4. The monoisotopic (exact) mass is 903 g/mol. The second-order valence-electron chi connectivity index (χ2n) is 13.4. The first kappa shape index (κ1) is 49.6. The van der Waals surface area contributed by atoms with E-state index in [0.717, 1.165) is 48.2 Å². The molecule has 7 atom stereocenters. The van der Waals surface area contributed by atoms with Crippen LogP contribution in [0.15, 0.2) is 12.7 Å². The average molecular weight is 904 g/mol. The molecular weight excluding hydrogens is 859 g/mol. The van der Waals surface area contributed by atoms with Gasteiger partial charge in [-0.25, -0.2) is 19.3 Å². The molecule has 0 aliphatic carbocycles. The van der Waals surface area contributed by atoms with E-state index in [-0.39, 0.29) is 59.6 Å². The number of aliphatic hydroxyl groups excluding tert-OH is 2. The highest BCUT2D eigenvalue weighted by atomic mass is 32.2. The molecule has 6 N–H and O–H groups in total. The highest BCUT2D eigenvalue weighted by molar-refractivity contribution is 8.13. The van der Waals surface area contributed by atoms with E-state index < -0.39 is 84.6 Å². The Labute approximate surface area is 335 Å². The number of carbonyl (C=O) groups excluding carboxylic acids is 4. The summed E-state index contributed by atoms with van der Waals surface area (Å²) < 4.78 is 60.5. The molecule has 1 fully saturated rings. The second-order valence-corrected chi connectivity index (χ2v) is 18.6. The van der Waals surface area contributed by atoms with Crippen LogP contribution >= 0.6 is 35.2 Å². The Morgan fingerprint density at radius 2 is 1.72 bits per heavy atom. The molecule has 328 valence electrons. The van der Waals surface area contributed by atoms with Gasteiger partial charge in [-0.3, -0.25) is 32.9 Å². The number of fused-ring (bicyclic) bond motifs is 1. The molecule has 3 rings (SSSR count). The van der Waals surface area contributed by atoms with Gasteiger partial charge in [0.2, 0.25) is 11.8 Å². The van der Waals surface area contributed by atoms with Gasteiger partial charge in [-0.2, -0.15) is 0 Å². The normalized spacial score (nSPS) is 21.3. The van der Waals surface area contributed by atoms with Crippen molar-refractivity contribution in [2.45, 2.75) is 89.9 Å². The quantitative estimate of drug-likeness (QED) is 0.0396. The van der Waals surface area contributed by atoms with Gasteiger partial charge in [-0.05, 0) is 6.42 Å². The summed E-state index contributed by atoms with van der Waals surface area (Å²) in [6, 6.07) is 0. The molecule has 0 radical (unpaired) electrons. The van der Waals surface area contributed by atoms with Crippen LogP contribution in [-0.2, 0) is 55.5 Å². The summed E-state index contributed by atoms with van der Waals surface area (Å²) in [7, 11) is -17.6. The number of aliphatic hydroxyl groups is 2. The molecule has 0 saturated carbocycles. The van der Waals surface area contributed by atoms with E-state index >= 15 is 0 Å². The van der Waals surface area contributed by atoms with Crippen LogP contribution in [0.5, 0.6) is 0 Å². The first-order chi connectivity index (χ1) is 26.9. The van der Waals surface area contributed by atoms with Crippen molar-refractivity contribution in [2.24, 2.45) is 5.41 Å². The molecule has 58 heavy (non-hydrogen) atoms. The van der Waals surface area contributed by atoms with Gasteiger partial charge in [0.1, 0.15) is 42.0 Å². The lowest BCUT2D eigenvalue weighted by Gasteiger charge is -2.36. The lowest BCUT2D eigenvalue weighted by molar-refractivity contribution is -0.347. The predicted molar refractivity (Wildman–Crippen MR) is 192 cm³/mol. The Hall–Kier alpha value is -2.77. The Balaban J connectivity index is 1.45. The van der Waals surface area contributed by atoms with Crippen LogP contribution in [0.1, 0.15) is 65.5 Å². The van der Waals surface area contributed by atoms with Crippen molar-refractivity contribution in [1.82, 2.24) is 30.2 Å². The highest BCUT2D eigenvalue weighted by Crippen LogP contribution is 2.56. The molecule has 2 amide bonds. The summed E-state index contributed by atoms with van der Waals surface area (Å²) in [5.74, 6) is -1.55. The number of nitrogens with zero attached hydrogens (tertiary/aromatic N) is 4. The Morgan fingerprint density at radius 3 is 2.40 bits per heavy atom. The summed E-state index contributed by atoms with van der Waals surface area (Å²) in [5.41, 5.74) is 4.04. The molecule has 25 nitrogen and oxygen atoms in total. The molecule has 0 aromatic carbocycles. The van der Waals surface area contributed by atoms with E-state index in [0.29, 0.717) is 6.42 Å². The molecular formula is C29H44N7O18P3S-4. The molecule has 2 aromatic rings. The van der Waals surface area contributed by atoms with Gasteiger partial charge in [0.15, 0.2) is 22.8 Å². The summed E-state index contributed by atoms with van der Waals surface area (Å²) in [6.45, 7) is 1.92.